The molecule has 3 rings (SSSR count). The predicted molar refractivity (Wildman–Crippen MR) is 73.5 cm³/mol. The molecule has 0 aromatic heterocycles. The summed E-state index contributed by atoms with van der Waals surface area (Å²) in [5, 5.41) is 9.67. The zero-order valence-corrected chi connectivity index (χ0v) is 11.5. The van der Waals surface area contributed by atoms with Crippen LogP contribution in [0, 0.1) is 0 Å². The predicted octanol–water partition coefficient (Wildman–Crippen LogP) is 2.48. The van der Waals surface area contributed by atoms with Gasteiger partial charge in [-0.3, -0.25) is 0 Å². The van der Waals surface area contributed by atoms with Crippen LogP contribution < -0.4 is 4.74 Å². The highest BCUT2D eigenvalue weighted by Crippen LogP contribution is 2.31. The molecule has 2 aliphatic carbocycles. The number of hydrogen-bond acceptors (Lipinski definition) is 3. The molecule has 3 atom stereocenters. The lowest BCUT2D eigenvalue weighted by Gasteiger charge is -2.40. The van der Waals surface area contributed by atoms with Crippen molar-refractivity contribution in [2.24, 2.45) is 0 Å². The van der Waals surface area contributed by atoms with Crippen molar-refractivity contribution in [3.63, 3.8) is 0 Å². The average Bonchev–Trinajstić information content (AvgIpc) is 2.44. The van der Waals surface area contributed by atoms with Crippen LogP contribution in [0.2, 0.25) is 0 Å². The van der Waals surface area contributed by atoms with Crippen molar-refractivity contribution in [2.45, 2.75) is 57.3 Å². The van der Waals surface area contributed by atoms with Crippen molar-refractivity contribution in [2.75, 3.05) is 6.61 Å². The van der Waals surface area contributed by atoms with E-state index in [1.807, 2.05) is 6.92 Å². The van der Waals surface area contributed by atoms with Crippen LogP contribution in [0.4, 0.5) is 0 Å². The number of aliphatic hydroxyl groups excluding tert-OH is 1. The largest absolute Gasteiger partial charge is 0.488 e. The molecular weight excluding hydrogens is 240 g/mol. The third-order valence-electron chi connectivity index (χ3n) is 4.19. The third-order valence-corrected chi connectivity index (χ3v) is 4.19. The summed E-state index contributed by atoms with van der Waals surface area (Å²) in [5.74, 6) is 0.919. The Kier molecular flexibility index (Phi) is 3.76. The zero-order chi connectivity index (χ0) is 13.2. The number of benzene rings is 1. The van der Waals surface area contributed by atoms with E-state index in [0.717, 1.165) is 12.2 Å². The van der Waals surface area contributed by atoms with E-state index in [1.165, 1.54) is 30.4 Å². The summed E-state index contributed by atoms with van der Waals surface area (Å²) in [6, 6.07) is 6.41. The van der Waals surface area contributed by atoms with Crippen molar-refractivity contribution in [1.29, 1.82) is 0 Å². The second-order valence-corrected chi connectivity index (χ2v) is 5.52. The van der Waals surface area contributed by atoms with E-state index in [1.54, 1.807) is 0 Å². The van der Waals surface area contributed by atoms with Gasteiger partial charge in [-0.05, 0) is 55.9 Å². The van der Waals surface area contributed by atoms with E-state index in [-0.39, 0.29) is 18.3 Å². The summed E-state index contributed by atoms with van der Waals surface area (Å²) >= 11 is 0. The number of aliphatic hydroxyl groups is 1. The topological polar surface area (TPSA) is 38.7 Å². The molecule has 1 saturated carbocycles. The number of ether oxygens (including phenoxy) is 2. The van der Waals surface area contributed by atoms with Gasteiger partial charge in [-0.2, -0.15) is 0 Å². The molecule has 1 aromatic carbocycles. The van der Waals surface area contributed by atoms with E-state index in [2.05, 4.69) is 18.2 Å². The van der Waals surface area contributed by atoms with Gasteiger partial charge >= 0.3 is 0 Å². The first-order chi connectivity index (χ1) is 9.28. The molecule has 0 saturated heterocycles. The Balaban J connectivity index is 1.67. The van der Waals surface area contributed by atoms with E-state index in [0.29, 0.717) is 13.0 Å². The Morgan fingerprint density at radius 1 is 1.21 bits per heavy atom. The Morgan fingerprint density at radius 2 is 2.00 bits per heavy atom. The van der Waals surface area contributed by atoms with E-state index >= 15 is 0 Å². The minimum absolute atomic E-state index is 0.00316. The molecule has 1 N–H and O–H groups in total. The van der Waals surface area contributed by atoms with Crippen LogP contribution in [-0.4, -0.2) is 30.0 Å². The maximum Gasteiger partial charge on any atom is 0.130 e. The Hall–Kier alpha value is -1.06. The number of fused-ring (bicyclic) bond motifs is 1. The summed E-state index contributed by atoms with van der Waals surface area (Å²) in [7, 11) is 0. The van der Waals surface area contributed by atoms with Crippen molar-refractivity contribution in [1.82, 2.24) is 0 Å². The van der Waals surface area contributed by atoms with Crippen LogP contribution in [-0.2, 0) is 17.6 Å². The Bertz CT molecular complexity index is 444. The van der Waals surface area contributed by atoms with Gasteiger partial charge in [0.25, 0.3) is 0 Å². The first-order valence-corrected chi connectivity index (χ1v) is 7.36. The lowest BCUT2D eigenvalue weighted by Crippen LogP contribution is -2.55. The van der Waals surface area contributed by atoms with Crippen LogP contribution in [0.5, 0.6) is 5.75 Å². The van der Waals surface area contributed by atoms with Crippen LogP contribution in [0.15, 0.2) is 18.2 Å². The molecule has 3 heteroatoms. The number of rotatable bonds is 4. The fourth-order valence-electron chi connectivity index (χ4n) is 3.04. The highest BCUT2D eigenvalue weighted by Gasteiger charge is 2.42. The lowest BCUT2D eigenvalue weighted by molar-refractivity contribution is -0.160. The molecule has 2 aliphatic rings. The number of aryl methyl sites for hydroxylation is 2. The van der Waals surface area contributed by atoms with Gasteiger partial charge < -0.3 is 14.6 Å². The molecule has 0 heterocycles. The molecule has 19 heavy (non-hydrogen) atoms. The second kappa shape index (κ2) is 5.51. The van der Waals surface area contributed by atoms with Crippen LogP contribution in [0.25, 0.3) is 0 Å². The summed E-state index contributed by atoms with van der Waals surface area (Å²) in [6.07, 6.45) is 5.06. The minimum Gasteiger partial charge on any atom is -0.488 e. The van der Waals surface area contributed by atoms with Gasteiger partial charge in [-0.1, -0.05) is 6.07 Å². The molecule has 0 spiro atoms. The first-order valence-electron chi connectivity index (χ1n) is 7.36. The molecule has 3 nitrogen and oxygen atoms in total. The fraction of sp³-hybridized carbons (Fsp3) is 0.625. The van der Waals surface area contributed by atoms with Gasteiger partial charge in [0.1, 0.15) is 18.0 Å². The molecule has 3 unspecified atom stereocenters. The maximum absolute atomic E-state index is 9.67. The van der Waals surface area contributed by atoms with E-state index < -0.39 is 0 Å². The molecular formula is C16H22O3. The first kappa shape index (κ1) is 12.9. The lowest BCUT2D eigenvalue weighted by atomic mass is 9.87. The molecule has 0 aliphatic heterocycles. The number of hydrogen-bond donors (Lipinski definition) is 1. The Morgan fingerprint density at radius 3 is 2.74 bits per heavy atom. The van der Waals surface area contributed by atoms with Gasteiger partial charge in [0.05, 0.1) is 6.10 Å². The van der Waals surface area contributed by atoms with Crippen molar-refractivity contribution >= 4 is 0 Å². The van der Waals surface area contributed by atoms with Gasteiger partial charge in [-0.25, -0.2) is 0 Å². The maximum atomic E-state index is 9.67. The normalized spacial score (nSPS) is 29.5. The quantitative estimate of drug-likeness (QED) is 0.906. The van der Waals surface area contributed by atoms with Gasteiger partial charge in [0, 0.05) is 13.0 Å². The summed E-state index contributed by atoms with van der Waals surface area (Å²) < 4.78 is 11.5. The molecule has 0 amide bonds. The van der Waals surface area contributed by atoms with Gasteiger partial charge in [0.2, 0.25) is 0 Å². The van der Waals surface area contributed by atoms with Gasteiger partial charge in [-0.15, -0.1) is 0 Å². The smallest absolute Gasteiger partial charge is 0.130 e. The van der Waals surface area contributed by atoms with Crippen molar-refractivity contribution < 1.29 is 14.6 Å². The molecule has 1 aromatic rings. The third kappa shape index (κ3) is 2.63. The highest BCUT2D eigenvalue weighted by atomic mass is 16.6. The molecule has 0 radical (unpaired) electrons. The zero-order valence-electron chi connectivity index (χ0n) is 11.5. The van der Waals surface area contributed by atoms with E-state index in [4.69, 9.17) is 9.47 Å². The summed E-state index contributed by atoms with van der Waals surface area (Å²) in [4.78, 5) is 0. The summed E-state index contributed by atoms with van der Waals surface area (Å²) in [6.45, 7) is 2.56. The summed E-state index contributed by atoms with van der Waals surface area (Å²) in [5.41, 5.74) is 2.89. The second-order valence-electron chi connectivity index (χ2n) is 5.52. The standard InChI is InChI=1S/C16H22O3/c1-2-18-16-14(17)10-15(16)19-13-8-7-11-5-3-4-6-12(11)9-13/h7-9,14-17H,2-6,10H2,1H3. The Labute approximate surface area is 114 Å². The van der Waals surface area contributed by atoms with E-state index in [9.17, 15) is 5.11 Å². The van der Waals surface area contributed by atoms with Gasteiger partial charge in [0.15, 0.2) is 0 Å². The van der Waals surface area contributed by atoms with Crippen LogP contribution >= 0.6 is 0 Å². The monoisotopic (exact) mass is 262 g/mol. The molecule has 104 valence electrons. The minimum atomic E-state index is -0.373. The average molecular weight is 262 g/mol. The molecule has 1 fully saturated rings. The molecule has 0 bridgehead atoms. The van der Waals surface area contributed by atoms with Crippen molar-refractivity contribution in [3.8, 4) is 5.75 Å². The van der Waals surface area contributed by atoms with Crippen LogP contribution in [0.1, 0.15) is 37.3 Å². The highest BCUT2D eigenvalue weighted by molar-refractivity contribution is 5.37. The SMILES string of the molecule is CCOC1C(O)CC1Oc1ccc2c(c1)CCCC2. The van der Waals surface area contributed by atoms with Crippen molar-refractivity contribution in [3.05, 3.63) is 29.3 Å². The van der Waals surface area contributed by atoms with Crippen LogP contribution in [0.3, 0.4) is 0 Å². The fourth-order valence-corrected chi connectivity index (χ4v) is 3.04.